The van der Waals surface area contributed by atoms with Crippen LogP contribution in [0.15, 0.2) is 18.7 Å². The molecule has 1 amide bonds. The molecule has 9 nitrogen and oxygen atoms in total. The fourth-order valence-corrected chi connectivity index (χ4v) is 1.85. The third-order valence-corrected chi connectivity index (χ3v) is 2.95. The Morgan fingerprint density at radius 1 is 1.48 bits per heavy atom. The Morgan fingerprint density at radius 2 is 2.24 bits per heavy atom. The molecule has 9 heteroatoms. The van der Waals surface area contributed by atoms with Gasteiger partial charge >= 0.3 is 0 Å². The number of carbonyl (C=O) groups is 1. The average Bonchev–Trinajstić information content (AvgIpc) is 2.99. The van der Waals surface area contributed by atoms with Crippen LogP contribution in [0.5, 0.6) is 0 Å². The molecular formula is C12H18N8O. The van der Waals surface area contributed by atoms with Gasteiger partial charge in [0.25, 0.3) is 0 Å². The minimum atomic E-state index is -0.199. The van der Waals surface area contributed by atoms with E-state index >= 15 is 0 Å². The molecule has 0 aliphatic heterocycles. The molecule has 0 saturated heterocycles. The maximum absolute atomic E-state index is 11.6. The van der Waals surface area contributed by atoms with Gasteiger partial charge in [-0.2, -0.15) is 15.0 Å². The Morgan fingerprint density at radius 3 is 2.86 bits per heavy atom. The highest BCUT2D eigenvalue weighted by molar-refractivity contribution is 5.78. The van der Waals surface area contributed by atoms with Crippen LogP contribution in [0.2, 0.25) is 0 Å². The third kappa shape index (κ3) is 3.44. The second-order valence-corrected chi connectivity index (χ2v) is 4.66. The van der Waals surface area contributed by atoms with Crippen LogP contribution in [0, 0.1) is 5.92 Å². The largest absolute Gasteiger partial charge is 0.368 e. The van der Waals surface area contributed by atoms with Crippen LogP contribution >= 0.6 is 0 Å². The lowest BCUT2D eigenvalue weighted by Gasteiger charge is -2.21. The van der Waals surface area contributed by atoms with Crippen molar-refractivity contribution in [2.45, 2.75) is 6.92 Å². The van der Waals surface area contributed by atoms with E-state index in [0.29, 0.717) is 18.4 Å². The molecule has 0 spiro atoms. The minimum Gasteiger partial charge on any atom is -0.368 e. The number of rotatable bonds is 5. The number of anilines is 2. The van der Waals surface area contributed by atoms with Gasteiger partial charge in [-0.05, 0) is 0 Å². The Labute approximate surface area is 122 Å². The molecule has 0 aliphatic rings. The summed E-state index contributed by atoms with van der Waals surface area (Å²) in [5.41, 5.74) is 5.72. The maximum atomic E-state index is 11.6. The molecule has 2 rings (SSSR count). The quantitative estimate of drug-likeness (QED) is 0.759. The van der Waals surface area contributed by atoms with Gasteiger partial charge < -0.3 is 16.0 Å². The number of nitrogens with one attached hydrogen (secondary N) is 1. The van der Waals surface area contributed by atoms with Crippen molar-refractivity contribution >= 4 is 17.8 Å². The van der Waals surface area contributed by atoms with Crippen LogP contribution < -0.4 is 16.0 Å². The Kier molecular flexibility index (Phi) is 4.31. The van der Waals surface area contributed by atoms with Crippen molar-refractivity contribution in [3.8, 4) is 5.95 Å². The van der Waals surface area contributed by atoms with Gasteiger partial charge in [-0.1, -0.05) is 6.92 Å². The van der Waals surface area contributed by atoms with E-state index in [1.54, 1.807) is 42.3 Å². The lowest BCUT2D eigenvalue weighted by Crippen LogP contribution is -2.35. The molecule has 3 N–H and O–H groups in total. The van der Waals surface area contributed by atoms with Crippen molar-refractivity contribution in [2.24, 2.45) is 5.92 Å². The first-order valence-electron chi connectivity index (χ1n) is 6.44. The molecule has 0 bridgehead atoms. The summed E-state index contributed by atoms with van der Waals surface area (Å²) in [6.45, 7) is 2.29. The fraction of sp³-hybridized carbons (Fsp3) is 0.417. The summed E-state index contributed by atoms with van der Waals surface area (Å²) in [6.07, 6.45) is 4.91. The minimum absolute atomic E-state index is 0.0429. The number of nitrogen functional groups attached to an aromatic ring is 1. The third-order valence-electron chi connectivity index (χ3n) is 2.95. The zero-order valence-electron chi connectivity index (χ0n) is 12.2. The van der Waals surface area contributed by atoms with Crippen LogP contribution in [-0.4, -0.2) is 51.1 Å². The normalized spacial score (nSPS) is 12.0. The second kappa shape index (κ2) is 6.16. The highest BCUT2D eigenvalue weighted by Crippen LogP contribution is 2.12. The molecular weight excluding hydrogens is 272 g/mol. The number of amides is 1. The van der Waals surface area contributed by atoms with Crippen molar-refractivity contribution in [3.63, 3.8) is 0 Å². The second-order valence-electron chi connectivity index (χ2n) is 4.66. The van der Waals surface area contributed by atoms with E-state index in [2.05, 4.69) is 25.3 Å². The average molecular weight is 290 g/mol. The molecule has 0 saturated carbocycles. The fourth-order valence-electron chi connectivity index (χ4n) is 1.85. The van der Waals surface area contributed by atoms with Crippen molar-refractivity contribution in [1.29, 1.82) is 0 Å². The van der Waals surface area contributed by atoms with Gasteiger partial charge in [-0.25, -0.2) is 4.98 Å². The number of hydrogen-bond donors (Lipinski definition) is 2. The molecule has 21 heavy (non-hydrogen) atoms. The van der Waals surface area contributed by atoms with Gasteiger partial charge in [-0.3, -0.25) is 9.36 Å². The zero-order chi connectivity index (χ0) is 15.4. The summed E-state index contributed by atoms with van der Waals surface area (Å²) in [5, 5.41) is 2.61. The van der Waals surface area contributed by atoms with E-state index in [9.17, 15) is 4.79 Å². The Hall–Kier alpha value is -2.71. The van der Waals surface area contributed by atoms with Crippen LogP contribution in [0.3, 0.4) is 0 Å². The first kappa shape index (κ1) is 14.7. The summed E-state index contributed by atoms with van der Waals surface area (Å²) in [6, 6.07) is 0. The summed E-state index contributed by atoms with van der Waals surface area (Å²) in [4.78, 5) is 29.8. The van der Waals surface area contributed by atoms with Crippen molar-refractivity contribution in [2.75, 3.05) is 31.3 Å². The Bertz CT molecular complexity index is 612. The molecule has 0 fully saturated rings. The van der Waals surface area contributed by atoms with Crippen molar-refractivity contribution in [3.05, 3.63) is 18.7 Å². The molecule has 0 aromatic carbocycles. The first-order chi connectivity index (χ1) is 10.0. The lowest BCUT2D eigenvalue weighted by molar-refractivity contribution is -0.123. The maximum Gasteiger partial charge on any atom is 0.241 e. The van der Waals surface area contributed by atoms with E-state index in [-0.39, 0.29) is 17.8 Å². The zero-order valence-corrected chi connectivity index (χ0v) is 12.2. The molecule has 1 unspecified atom stereocenters. The standard InChI is InChI=1S/C12H18N8O/c1-8(9(21)14-2)6-19(3)11-16-10(13)17-12(18-11)20-5-4-15-7-20/h4-5,7-8H,6H2,1-3H3,(H,14,21)(H2,13,16,17,18). The van der Waals surface area contributed by atoms with Gasteiger partial charge in [0.15, 0.2) is 0 Å². The first-order valence-corrected chi connectivity index (χ1v) is 6.44. The van der Waals surface area contributed by atoms with Crippen LogP contribution in [0.4, 0.5) is 11.9 Å². The van der Waals surface area contributed by atoms with E-state index in [4.69, 9.17) is 5.73 Å². The number of aromatic nitrogens is 5. The summed E-state index contributed by atoms with van der Waals surface area (Å²) < 4.78 is 1.64. The van der Waals surface area contributed by atoms with Crippen molar-refractivity contribution < 1.29 is 4.79 Å². The summed E-state index contributed by atoms with van der Waals surface area (Å²) >= 11 is 0. The van der Waals surface area contributed by atoms with Gasteiger partial charge in [0.1, 0.15) is 6.33 Å². The lowest BCUT2D eigenvalue weighted by atomic mass is 10.1. The van der Waals surface area contributed by atoms with Crippen LogP contribution in [0.25, 0.3) is 5.95 Å². The van der Waals surface area contributed by atoms with E-state index in [1.165, 1.54) is 0 Å². The molecule has 2 aromatic heterocycles. The highest BCUT2D eigenvalue weighted by atomic mass is 16.1. The van der Waals surface area contributed by atoms with Gasteiger partial charge in [0.05, 0.1) is 5.92 Å². The van der Waals surface area contributed by atoms with Gasteiger partial charge in [0, 0.05) is 33.0 Å². The predicted octanol–water partition coefficient (Wildman–Crippen LogP) is -0.542. The summed E-state index contributed by atoms with van der Waals surface area (Å²) in [7, 11) is 3.41. The Balaban J connectivity index is 2.21. The molecule has 2 heterocycles. The monoisotopic (exact) mass is 290 g/mol. The number of carbonyl (C=O) groups excluding carboxylic acids is 1. The predicted molar refractivity (Wildman–Crippen MR) is 77.9 cm³/mol. The number of imidazole rings is 1. The van der Waals surface area contributed by atoms with Crippen molar-refractivity contribution in [1.82, 2.24) is 29.8 Å². The molecule has 0 radical (unpaired) electrons. The molecule has 112 valence electrons. The van der Waals surface area contributed by atoms with Gasteiger partial charge in [0.2, 0.25) is 23.8 Å². The van der Waals surface area contributed by atoms with E-state index in [1.807, 2.05) is 6.92 Å². The van der Waals surface area contributed by atoms with Crippen LogP contribution in [0.1, 0.15) is 6.92 Å². The van der Waals surface area contributed by atoms with Crippen LogP contribution in [-0.2, 0) is 4.79 Å². The number of hydrogen-bond acceptors (Lipinski definition) is 7. The highest BCUT2D eigenvalue weighted by Gasteiger charge is 2.17. The topological polar surface area (TPSA) is 115 Å². The van der Waals surface area contributed by atoms with E-state index < -0.39 is 0 Å². The number of nitrogens with zero attached hydrogens (tertiary/aromatic N) is 6. The molecule has 0 aliphatic carbocycles. The van der Waals surface area contributed by atoms with Gasteiger partial charge in [-0.15, -0.1) is 0 Å². The summed E-state index contributed by atoms with van der Waals surface area (Å²) in [5.74, 6) is 0.660. The SMILES string of the molecule is CNC(=O)C(C)CN(C)c1nc(N)nc(-n2ccnc2)n1. The smallest absolute Gasteiger partial charge is 0.241 e. The molecule has 2 aromatic rings. The molecule has 1 atom stereocenters. The van der Waals surface area contributed by atoms with E-state index in [0.717, 1.165) is 0 Å². The number of nitrogens with two attached hydrogens (primary N) is 1.